The van der Waals surface area contributed by atoms with Crippen LogP contribution < -0.4 is 14.9 Å². The molecule has 4 aromatic carbocycles. The average Bonchev–Trinajstić information content (AvgIpc) is 2.90. The smallest absolute Gasteiger partial charge is 0.343 e. The summed E-state index contributed by atoms with van der Waals surface area (Å²) >= 11 is 9.34. The quantitative estimate of drug-likeness (QED) is 0.106. The van der Waals surface area contributed by atoms with E-state index >= 15 is 0 Å². The van der Waals surface area contributed by atoms with Gasteiger partial charge in [0.2, 0.25) is 0 Å². The zero-order valence-electron chi connectivity index (χ0n) is 19.8. The van der Waals surface area contributed by atoms with Crippen molar-refractivity contribution in [3.63, 3.8) is 0 Å². The fourth-order valence-electron chi connectivity index (χ4n) is 3.39. The topological polar surface area (TPSA) is 77.0 Å². The number of carbonyl (C=O) groups excluding carboxylic acids is 2. The lowest BCUT2D eigenvalue weighted by Crippen LogP contribution is -2.19. The summed E-state index contributed by atoms with van der Waals surface area (Å²) in [5.41, 5.74) is 5.65. The van der Waals surface area contributed by atoms with Gasteiger partial charge in [0.1, 0.15) is 18.1 Å². The van der Waals surface area contributed by atoms with E-state index < -0.39 is 11.9 Å². The van der Waals surface area contributed by atoms with E-state index in [1.54, 1.807) is 72.8 Å². The highest BCUT2D eigenvalue weighted by atomic mass is 79.9. The van der Waals surface area contributed by atoms with Crippen LogP contribution in [0.2, 0.25) is 5.02 Å². The number of nitrogens with zero attached hydrogens (tertiary/aromatic N) is 1. The highest BCUT2D eigenvalue weighted by Crippen LogP contribution is 2.24. The number of nitrogens with one attached hydrogen (secondary N) is 1. The monoisotopic (exact) mass is 576 g/mol. The Hall–Kier alpha value is -3.94. The van der Waals surface area contributed by atoms with Crippen molar-refractivity contribution in [3.8, 4) is 11.5 Å². The van der Waals surface area contributed by atoms with Crippen molar-refractivity contribution in [2.45, 2.75) is 13.5 Å². The van der Waals surface area contributed by atoms with Crippen LogP contribution in [0.15, 0.2) is 101 Å². The molecule has 1 N–H and O–H groups in total. The van der Waals surface area contributed by atoms with E-state index in [2.05, 4.69) is 26.5 Å². The Labute approximate surface area is 228 Å². The molecule has 0 atom stereocenters. The van der Waals surface area contributed by atoms with Gasteiger partial charge in [-0.15, -0.1) is 0 Å². The first kappa shape index (κ1) is 26.1. The van der Waals surface area contributed by atoms with Crippen LogP contribution in [-0.4, -0.2) is 18.1 Å². The molecule has 0 radical (unpaired) electrons. The number of amides is 1. The van der Waals surface area contributed by atoms with Gasteiger partial charge in [-0.25, -0.2) is 10.2 Å². The minimum atomic E-state index is -0.489. The predicted molar refractivity (Wildman–Crippen MR) is 148 cm³/mol. The largest absolute Gasteiger partial charge is 0.488 e. The Morgan fingerprint density at radius 2 is 1.73 bits per heavy atom. The summed E-state index contributed by atoms with van der Waals surface area (Å²) in [7, 11) is 0. The zero-order chi connectivity index (χ0) is 26.2. The number of hydrazone groups is 1. The molecule has 0 aliphatic rings. The van der Waals surface area contributed by atoms with Crippen molar-refractivity contribution >= 4 is 45.6 Å². The van der Waals surface area contributed by atoms with E-state index in [0.29, 0.717) is 33.2 Å². The maximum absolute atomic E-state index is 12.8. The number of ether oxygens (including phenoxy) is 2. The van der Waals surface area contributed by atoms with Crippen molar-refractivity contribution in [2.75, 3.05) is 0 Å². The summed E-state index contributed by atoms with van der Waals surface area (Å²) in [6.45, 7) is 2.18. The summed E-state index contributed by atoms with van der Waals surface area (Å²) < 4.78 is 12.2. The Morgan fingerprint density at radius 1 is 0.946 bits per heavy atom. The minimum absolute atomic E-state index is 0.276. The predicted octanol–water partition coefficient (Wildman–Crippen LogP) is 6.97. The number of para-hydroxylation sites is 1. The third kappa shape index (κ3) is 7.29. The lowest BCUT2D eigenvalue weighted by Gasteiger charge is -2.11. The van der Waals surface area contributed by atoms with Gasteiger partial charge in [0.25, 0.3) is 5.91 Å². The molecule has 0 bridgehead atoms. The van der Waals surface area contributed by atoms with Crippen LogP contribution in [0.1, 0.15) is 37.4 Å². The number of hydrogen-bond donors (Lipinski definition) is 1. The van der Waals surface area contributed by atoms with Crippen molar-refractivity contribution in [3.05, 3.63) is 128 Å². The van der Waals surface area contributed by atoms with Crippen LogP contribution in [0, 0.1) is 6.92 Å². The van der Waals surface area contributed by atoms with Crippen LogP contribution in [-0.2, 0) is 6.61 Å². The molecular weight excluding hydrogens is 556 g/mol. The molecule has 0 spiro atoms. The summed E-state index contributed by atoms with van der Waals surface area (Å²) in [6.07, 6.45) is 1.42. The molecule has 0 saturated carbocycles. The normalized spacial score (nSPS) is 10.8. The molecule has 0 saturated heterocycles. The first-order valence-electron chi connectivity index (χ1n) is 11.3. The molecule has 186 valence electrons. The molecular formula is C29H22BrClN2O4. The zero-order valence-corrected chi connectivity index (χ0v) is 22.1. The van der Waals surface area contributed by atoms with E-state index in [-0.39, 0.29) is 6.61 Å². The number of carbonyl (C=O) groups is 2. The molecule has 0 unspecified atom stereocenters. The summed E-state index contributed by atoms with van der Waals surface area (Å²) in [4.78, 5) is 25.5. The van der Waals surface area contributed by atoms with Crippen molar-refractivity contribution in [1.82, 2.24) is 5.43 Å². The third-order valence-electron chi connectivity index (χ3n) is 5.24. The summed E-state index contributed by atoms with van der Waals surface area (Å²) in [5.74, 6) is -0.215. The summed E-state index contributed by atoms with van der Waals surface area (Å²) in [5, 5.41) is 4.71. The molecule has 0 aliphatic heterocycles. The molecule has 0 fully saturated rings. The fourth-order valence-corrected chi connectivity index (χ4v) is 3.89. The Kier molecular flexibility index (Phi) is 8.72. The summed E-state index contributed by atoms with van der Waals surface area (Å²) in [6, 6.07) is 26.4. The number of halogens is 2. The Morgan fingerprint density at radius 3 is 2.51 bits per heavy atom. The SMILES string of the molecule is Cc1cccc(C(=O)Oc2ccc(Br)cc2C=NNC(=O)c2ccccc2OCc2ccc(Cl)cc2)c1. The Bertz CT molecular complexity index is 1450. The van der Waals surface area contributed by atoms with Gasteiger partial charge < -0.3 is 9.47 Å². The molecule has 37 heavy (non-hydrogen) atoms. The second kappa shape index (κ2) is 12.3. The van der Waals surface area contributed by atoms with Gasteiger partial charge in [-0.1, -0.05) is 69.5 Å². The minimum Gasteiger partial charge on any atom is -0.488 e. The van der Waals surface area contributed by atoms with Gasteiger partial charge in [-0.05, 0) is 67.1 Å². The maximum atomic E-state index is 12.8. The number of rotatable bonds is 8. The second-order valence-corrected chi connectivity index (χ2v) is 9.40. The number of aryl methyl sites for hydroxylation is 1. The lowest BCUT2D eigenvalue weighted by atomic mass is 10.1. The maximum Gasteiger partial charge on any atom is 0.343 e. The molecule has 8 heteroatoms. The number of benzene rings is 4. The van der Waals surface area contributed by atoms with Crippen molar-refractivity contribution in [1.29, 1.82) is 0 Å². The van der Waals surface area contributed by atoms with Gasteiger partial charge in [0, 0.05) is 15.1 Å². The molecule has 6 nitrogen and oxygen atoms in total. The van der Waals surface area contributed by atoms with Crippen molar-refractivity contribution in [2.24, 2.45) is 5.10 Å². The third-order valence-corrected chi connectivity index (χ3v) is 5.98. The van der Waals surface area contributed by atoms with Crippen LogP contribution >= 0.6 is 27.5 Å². The fraction of sp³-hybridized carbons (Fsp3) is 0.0690. The van der Waals surface area contributed by atoms with Crippen molar-refractivity contribution < 1.29 is 19.1 Å². The lowest BCUT2D eigenvalue weighted by molar-refractivity contribution is 0.0734. The molecule has 0 aromatic heterocycles. The van der Waals surface area contributed by atoms with Gasteiger partial charge in [0.05, 0.1) is 17.3 Å². The first-order valence-corrected chi connectivity index (χ1v) is 12.4. The molecule has 4 aromatic rings. The molecule has 4 rings (SSSR count). The van der Waals surface area contributed by atoms with E-state index in [9.17, 15) is 9.59 Å². The van der Waals surface area contributed by atoms with Crippen LogP contribution in [0.25, 0.3) is 0 Å². The molecule has 0 heterocycles. The van der Waals surface area contributed by atoms with E-state index in [4.69, 9.17) is 21.1 Å². The Balaban J connectivity index is 1.44. The highest BCUT2D eigenvalue weighted by Gasteiger charge is 2.14. The highest BCUT2D eigenvalue weighted by molar-refractivity contribution is 9.10. The van der Waals surface area contributed by atoms with E-state index in [0.717, 1.165) is 15.6 Å². The number of esters is 1. The van der Waals surface area contributed by atoms with Gasteiger partial charge in [-0.2, -0.15) is 5.10 Å². The molecule has 1 amide bonds. The van der Waals surface area contributed by atoms with E-state index in [1.807, 2.05) is 25.1 Å². The van der Waals surface area contributed by atoms with Crippen LogP contribution in [0.4, 0.5) is 0 Å². The van der Waals surface area contributed by atoms with Gasteiger partial charge in [-0.3, -0.25) is 4.79 Å². The van der Waals surface area contributed by atoms with Gasteiger partial charge in [0.15, 0.2) is 0 Å². The average molecular weight is 578 g/mol. The van der Waals surface area contributed by atoms with E-state index in [1.165, 1.54) is 6.21 Å². The first-order chi connectivity index (χ1) is 17.9. The molecule has 0 aliphatic carbocycles. The number of hydrogen-bond acceptors (Lipinski definition) is 5. The standard InChI is InChI=1S/C29H22BrClN2O4/c1-19-5-4-6-21(15-19)29(35)37-26-14-11-23(30)16-22(26)17-32-33-28(34)25-7-2-3-8-27(25)36-18-20-9-12-24(31)13-10-20/h2-17H,18H2,1H3,(H,33,34). The van der Waals surface area contributed by atoms with Gasteiger partial charge >= 0.3 is 5.97 Å². The van der Waals surface area contributed by atoms with Crippen LogP contribution in [0.5, 0.6) is 11.5 Å². The second-order valence-electron chi connectivity index (χ2n) is 8.05. The van der Waals surface area contributed by atoms with Crippen LogP contribution in [0.3, 0.4) is 0 Å².